The first-order chi connectivity index (χ1) is 8.38. The molecule has 0 spiro atoms. The molecule has 0 radical (unpaired) electrons. The predicted octanol–water partition coefficient (Wildman–Crippen LogP) is -2.39. The first-order valence-corrected chi connectivity index (χ1v) is 5.29. The molecule has 7 nitrogen and oxygen atoms in total. The van der Waals surface area contributed by atoms with Gasteiger partial charge in [-0.25, -0.2) is 0 Å². The molecule has 0 heterocycles. The van der Waals surface area contributed by atoms with Crippen LogP contribution in [-0.2, 0) is 14.4 Å². The highest BCUT2D eigenvalue weighted by molar-refractivity contribution is 5.88. The van der Waals surface area contributed by atoms with E-state index in [0.29, 0.717) is 0 Å². The van der Waals surface area contributed by atoms with Gasteiger partial charge in [-0.2, -0.15) is 0 Å². The molecule has 0 aromatic heterocycles. The van der Waals surface area contributed by atoms with Crippen LogP contribution in [0.15, 0.2) is 0 Å². The lowest BCUT2D eigenvalue weighted by Gasteiger charge is -2.21. The molecule has 0 aliphatic carbocycles. The van der Waals surface area contributed by atoms with Gasteiger partial charge in [0.15, 0.2) is 0 Å². The van der Waals surface area contributed by atoms with Crippen molar-refractivity contribution in [2.75, 3.05) is 40.3 Å². The van der Waals surface area contributed by atoms with Gasteiger partial charge in [0.05, 0.1) is 26.2 Å². The van der Waals surface area contributed by atoms with Gasteiger partial charge < -0.3 is 15.5 Å². The van der Waals surface area contributed by atoms with Crippen molar-refractivity contribution in [2.45, 2.75) is 0 Å². The Balaban J connectivity index is 4.10. The molecule has 0 saturated carbocycles. The first kappa shape index (κ1) is 15.9. The molecule has 0 saturated heterocycles. The average Bonchev–Trinajstić information content (AvgIpc) is 2.28. The van der Waals surface area contributed by atoms with Gasteiger partial charge in [0, 0.05) is 14.1 Å². The van der Waals surface area contributed by atoms with E-state index in [1.54, 1.807) is 0 Å². The maximum Gasteiger partial charge on any atom is 0.242 e. The molecule has 0 aromatic carbocycles. The van der Waals surface area contributed by atoms with E-state index in [4.69, 9.17) is 12.2 Å². The van der Waals surface area contributed by atoms with Gasteiger partial charge in [-0.15, -0.1) is 6.42 Å². The minimum atomic E-state index is -0.601. The summed E-state index contributed by atoms with van der Waals surface area (Å²) in [6, 6.07) is 0. The number of terminal acetylenes is 1. The number of hydrogen-bond acceptors (Lipinski definition) is 4. The molecule has 0 unspecified atom stereocenters. The Hall–Kier alpha value is -2.07. The third-order valence-electron chi connectivity index (χ3n) is 2.12. The Morgan fingerprint density at radius 1 is 1.17 bits per heavy atom. The molecule has 3 N–H and O–H groups in total. The zero-order chi connectivity index (χ0) is 14.1. The number of carbonyl (C=O) groups excluding carboxylic acids is 3. The quantitative estimate of drug-likeness (QED) is 0.391. The highest BCUT2D eigenvalue weighted by Gasteiger charge is 2.16. The van der Waals surface area contributed by atoms with Crippen LogP contribution >= 0.6 is 0 Å². The van der Waals surface area contributed by atoms with E-state index in [0.717, 1.165) is 0 Å². The maximum atomic E-state index is 11.6. The van der Waals surface area contributed by atoms with Crippen LogP contribution in [0.1, 0.15) is 0 Å². The van der Waals surface area contributed by atoms with E-state index in [-0.39, 0.29) is 38.0 Å². The number of nitrogens with two attached hydrogens (primary N) is 1. The molecular formula is C11H18N4O3. The Morgan fingerprint density at radius 2 is 1.72 bits per heavy atom. The molecule has 0 fully saturated rings. The lowest BCUT2D eigenvalue weighted by atomic mass is 10.4. The van der Waals surface area contributed by atoms with Crippen molar-refractivity contribution in [1.82, 2.24) is 15.1 Å². The maximum absolute atomic E-state index is 11.6. The standard InChI is InChI=1S/C11H18N4O3/c1-4-5-13-6-10(17)15(3)8-11(18)14(2)7-9(12)16/h1,13H,5-8H2,2-3H3,(H2,12,16). The van der Waals surface area contributed by atoms with E-state index < -0.39 is 5.91 Å². The van der Waals surface area contributed by atoms with Crippen molar-refractivity contribution in [1.29, 1.82) is 0 Å². The Kier molecular flexibility index (Phi) is 7.15. The second-order valence-corrected chi connectivity index (χ2v) is 3.77. The van der Waals surface area contributed by atoms with Crippen molar-refractivity contribution < 1.29 is 14.4 Å². The van der Waals surface area contributed by atoms with Crippen LogP contribution in [0.3, 0.4) is 0 Å². The number of rotatable bonds is 7. The topological polar surface area (TPSA) is 95.7 Å². The van der Waals surface area contributed by atoms with E-state index in [9.17, 15) is 14.4 Å². The Labute approximate surface area is 106 Å². The second-order valence-electron chi connectivity index (χ2n) is 3.77. The van der Waals surface area contributed by atoms with Crippen LogP contribution in [0.25, 0.3) is 0 Å². The van der Waals surface area contributed by atoms with Gasteiger partial charge in [0.2, 0.25) is 17.7 Å². The number of primary amides is 1. The zero-order valence-corrected chi connectivity index (χ0v) is 10.6. The minimum Gasteiger partial charge on any atom is -0.368 e. The molecule has 0 rings (SSSR count). The van der Waals surface area contributed by atoms with Gasteiger partial charge in [-0.1, -0.05) is 5.92 Å². The highest BCUT2D eigenvalue weighted by Crippen LogP contribution is 1.90. The highest BCUT2D eigenvalue weighted by atomic mass is 16.2. The van der Waals surface area contributed by atoms with Crippen LogP contribution in [0.2, 0.25) is 0 Å². The van der Waals surface area contributed by atoms with Gasteiger partial charge in [0.1, 0.15) is 0 Å². The average molecular weight is 254 g/mol. The molecule has 18 heavy (non-hydrogen) atoms. The third-order valence-corrected chi connectivity index (χ3v) is 2.12. The number of likely N-dealkylation sites (N-methyl/N-ethyl adjacent to an activating group) is 2. The minimum absolute atomic E-state index is 0.0630. The van der Waals surface area contributed by atoms with Crippen LogP contribution in [0.5, 0.6) is 0 Å². The van der Waals surface area contributed by atoms with Crippen LogP contribution in [-0.4, -0.2) is 67.8 Å². The molecule has 0 aromatic rings. The lowest BCUT2D eigenvalue weighted by molar-refractivity contribution is -0.139. The normalized spacial score (nSPS) is 9.39. The Bertz CT molecular complexity index is 362. The van der Waals surface area contributed by atoms with E-state index in [1.807, 2.05) is 0 Å². The van der Waals surface area contributed by atoms with Gasteiger partial charge in [-0.05, 0) is 0 Å². The molecule has 7 heteroatoms. The zero-order valence-electron chi connectivity index (χ0n) is 10.6. The summed E-state index contributed by atoms with van der Waals surface area (Å²) < 4.78 is 0. The van der Waals surface area contributed by atoms with Gasteiger partial charge in [-0.3, -0.25) is 19.7 Å². The summed E-state index contributed by atoms with van der Waals surface area (Å²) in [6.07, 6.45) is 5.02. The second kappa shape index (κ2) is 8.08. The molecule has 100 valence electrons. The molecule has 0 atom stereocenters. The number of amides is 3. The van der Waals surface area contributed by atoms with Crippen molar-refractivity contribution in [3.8, 4) is 12.3 Å². The lowest BCUT2D eigenvalue weighted by Crippen LogP contribution is -2.44. The van der Waals surface area contributed by atoms with Crippen molar-refractivity contribution in [3.63, 3.8) is 0 Å². The summed E-state index contributed by atoms with van der Waals surface area (Å²) in [5.74, 6) is 1.11. The fraction of sp³-hybridized carbons (Fsp3) is 0.545. The Morgan fingerprint density at radius 3 is 2.22 bits per heavy atom. The largest absolute Gasteiger partial charge is 0.368 e. The molecule has 0 aliphatic rings. The number of carbonyl (C=O) groups is 3. The summed E-state index contributed by atoms with van der Waals surface area (Å²) in [5, 5.41) is 2.72. The molecule has 0 aliphatic heterocycles. The third kappa shape index (κ3) is 6.50. The summed E-state index contributed by atoms with van der Waals surface area (Å²) in [5.41, 5.74) is 4.96. The summed E-state index contributed by atoms with van der Waals surface area (Å²) in [4.78, 5) is 36.2. The monoisotopic (exact) mass is 254 g/mol. The van der Waals surface area contributed by atoms with E-state index in [2.05, 4.69) is 11.2 Å². The fourth-order valence-corrected chi connectivity index (χ4v) is 1.11. The molecular weight excluding hydrogens is 236 g/mol. The number of nitrogens with zero attached hydrogens (tertiary/aromatic N) is 2. The molecule has 0 bridgehead atoms. The molecule has 3 amide bonds. The first-order valence-electron chi connectivity index (χ1n) is 5.29. The van der Waals surface area contributed by atoms with Crippen molar-refractivity contribution >= 4 is 17.7 Å². The smallest absolute Gasteiger partial charge is 0.242 e. The van der Waals surface area contributed by atoms with Crippen LogP contribution < -0.4 is 11.1 Å². The van der Waals surface area contributed by atoms with Crippen LogP contribution in [0, 0.1) is 12.3 Å². The van der Waals surface area contributed by atoms with E-state index >= 15 is 0 Å². The summed E-state index contributed by atoms with van der Waals surface area (Å²) >= 11 is 0. The number of nitrogens with one attached hydrogen (secondary N) is 1. The van der Waals surface area contributed by atoms with Crippen molar-refractivity contribution in [2.24, 2.45) is 5.73 Å². The van der Waals surface area contributed by atoms with Gasteiger partial charge >= 0.3 is 0 Å². The summed E-state index contributed by atoms with van der Waals surface area (Å²) in [7, 11) is 2.94. The van der Waals surface area contributed by atoms with Crippen LogP contribution in [0.4, 0.5) is 0 Å². The summed E-state index contributed by atoms with van der Waals surface area (Å²) in [6.45, 7) is 0.0686. The van der Waals surface area contributed by atoms with Crippen molar-refractivity contribution in [3.05, 3.63) is 0 Å². The predicted molar refractivity (Wildman–Crippen MR) is 66.2 cm³/mol. The van der Waals surface area contributed by atoms with E-state index in [1.165, 1.54) is 23.9 Å². The fourth-order valence-electron chi connectivity index (χ4n) is 1.11. The SMILES string of the molecule is C#CCNCC(=O)N(C)CC(=O)N(C)CC(N)=O. The number of hydrogen-bond donors (Lipinski definition) is 2. The van der Waals surface area contributed by atoms with Gasteiger partial charge in [0.25, 0.3) is 0 Å².